The Hall–Kier alpha value is -0.610. The molecule has 0 radical (unpaired) electrons. The molecule has 0 bridgehead atoms. The highest BCUT2D eigenvalue weighted by molar-refractivity contribution is 9.10. The normalized spacial score (nSPS) is 24.7. The minimum absolute atomic E-state index is 0.145. The largest absolute Gasteiger partial charge is 0.368 e. The van der Waals surface area contributed by atoms with E-state index in [1.807, 2.05) is 18.0 Å². The molecule has 1 aromatic rings. The lowest BCUT2D eigenvalue weighted by atomic mass is 9.90. The second kappa shape index (κ2) is 5.36. The number of benzene rings is 1. The van der Waals surface area contributed by atoms with E-state index in [1.165, 1.54) is 18.9 Å². The Morgan fingerprint density at radius 3 is 2.76 bits per heavy atom. The maximum Gasteiger partial charge on any atom is 0.146 e. The second-order valence-electron chi connectivity index (χ2n) is 4.72. The van der Waals surface area contributed by atoms with Crippen LogP contribution in [0.15, 0.2) is 22.7 Å². The highest BCUT2D eigenvalue weighted by Gasteiger charge is 2.26. The molecule has 2 nitrogen and oxygen atoms in total. The molecule has 0 heterocycles. The number of anilines is 1. The zero-order chi connectivity index (χ0) is 12.4. The quantitative estimate of drug-likeness (QED) is 0.908. The molecule has 2 atom stereocenters. The van der Waals surface area contributed by atoms with Crippen LogP contribution in [-0.2, 0) is 0 Å². The van der Waals surface area contributed by atoms with Gasteiger partial charge in [-0.15, -0.1) is 0 Å². The molecule has 0 saturated heterocycles. The minimum Gasteiger partial charge on any atom is -0.368 e. The van der Waals surface area contributed by atoms with Crippen molar-refractivity contribution >= 4 is 21.6 Å². The van der Waals surface area contributed by atoms with E-state index in [0.717, 1.165) is 17.3 Å². The summed E-state index contributed by atoms with van der Waals surface area (Å²) in [6.07, 6.45) is 4.44. The molecule has 1 aromatic carbocycles. The van der Waals surface area contributed by atoms with E-state index in [2.05, 4.69) is 15.9 Å². The first-order chi connectivity index (χ1) is 8.09. The molecule has 0 amide bonds. The molecular formula is C13H18BrFN2. The van der Waals surface area contributed by atoms with Crippen LogP contribution in [0.3, 0.4) is 0 Å². The second-order valence-corrected chi connectivity index (χ2v) is 5.64. The molecule has 2 N–H and O–H groups in total. The summed E-state index contributed by atoms with van der Waals surface area (Å²) < 4.78 is 14.7. The number of likely N-dealkylation sites (N-methyl/N-ethyl adjacent to an activating group) is 1. The van der Waals surface area contributed by atoms with Crippen LogP contribution >= 0.6 is 15.9 Å². The van der Waals surface area contributed by atoms with Gasteiger partial charge >= 0.3 is 0 Å². The van der Waals surface area contributed by atoms with Crippen LogP contribution < -0.4 is 10.6 Å². The van der Waals surface area contributed by atoms with E-state index in [-0.39, 0.29) is 17.9 Å². The van der Waals surface area contributed by atoms with Crippen LogP contribution in [0.5, 0.6) is 0 Å². The lowest BCUT2D eigenvalue weighted by molar-refractivity contribution is 0.371. The van der Waals surface area contributed by atoms with E-state index in [1.54, 1.807) is 6.07 Å². The van der Waals surface area contributed by atoms with Crippen molar-refractivity contribution in [2.24, 2.45) is 5.73 Å². The number of hydrogen-bond donors (Lipinski definition) is 1. The fourth-order valence-electron chi connectivity index (χ4n) is 2.56. The van der Waals surface area contributed by atoms with Crippen molar-refractivity contribution in [2.45, 2.75) is 37.8 Å². The minimum atomic E-state index is -0.187. The van der Waals surface area contributed by atoms with Crippen LogP contribution in [0, 0.1) is 5.82 Å². The molecule has 1 aliphatic carbocycles. The summed E-state index contributed by atoms with van der Waals surface area (Å²) in [7, 11) is 1.93. The summed E-state index contributed by atoms with van der Waals surface area (Å²) in [6, 6.07) is 5.41. The summed E-state index contributed by atoms with van der Waals surface area (Å²) >= 11 is 3.38. The molecular weight excluding hydrogens is 283 g/mol. The van der Waals surface area contributed by atoms with Crippen LogP contribution in [0.25, 0.3) is 0 Å². The van der Waals surface area contributed by atoms with Crippen molar-refractivity contribution in [2.75, 3.05) is 11.9 Å². The van der Waals surface area contributed by atoms with Gasteiger partial charge in [0.25, 0.3) is 0 Å². The monoisotopic (exact) mass is 300 g/mol. The first-order valence-corrected chi connectivity index (χ1v) is 6.82. The van der Waals surface area contributed by atoms with Gasteiger partial charge < -0.3 is 10.6 Å². The Morgan fingerprint density at radius 1 is 1.35 bits per heavy atom. The molecule has 4 heteroatoms. The predicted octanol–water partition coefficient (Wildman–Crippen LogP) is 3.29. The number of nitrogens with zero attached hydrogens (tertiary/aromatic N) is 1. The number of rotatable bonds is 2. The average molecular weight is 301 g/mol. The van der Waals surface area contributed by atoms with E-state index >= 15 is 0 Å². The summed E-state index contributed by atoms with van der Waals surface area (Å²) in [4.78, 5) is 1.99. The van der Waals surface area contributed by atoms with Gasteiger partial charge in [0, 0.05) is 23.6 Å². The van der Waals surface area contributed by atoms with E-state index in [0.29, 0.717) is 5.69 Å². The first-order valence-electron chi connectivity index (χ1n) is 6.03. The molecule has 1 saturated carbocycles. The van der Waals surface area contributed by atoms with Crippen molar-refractivity contribution in [1.29, 1.82) is 0 Å². The van der Waals surface area contributed by atoms with Crippen molar-refractivity contribution < 1.29 is 4.39 Å². The fourth-order valence-corrected chi connectivity index (χ4v) is 2.90. The van der Waals surface area contributed by atoms with Gasteiger partial charge in [-0.3, -0.25) is 0 Å². The zero-order valence-electron chi connectivity index (χ0n) is 10.00. The van der Waals surface area contributed by atoms with E-state index in [4.69, 9.17) is 5.73 Å². The van der Waals surface area contributed by atoms with Crippen molar-refractivity contribution in [3.8, 4) is 0 Å². The molecule has 17 heavy (non-hydrogen) atoms. The van der Waals surface area contributed by atoms with Crippen LogP contribution in [-0.4, -0.2) is 19.1 Å². The Labute approximate surface area is 110 Å². The van der Waals surface area contributed by atoms with Crippen LogP contribution in [0.1, 0.15) is 25.7 Å². The average Bonchev–Trinajstić information content (AvgIpc) is 2.32. The van der Waals surface area contributed by atoms with Gasteiger partial charge in [0.2, 0.25) is 0 Å². The molecule has 1 aliphatic rings. The number of hydrogen-bond acceptors (Lipinski definition) is 2. The van der Waals surface area contributed by atoms with Gasteiger partial charge in [-0.2, -0.15) is 0 Å². The smallest absolute Gasteiger partial charge is 0.146 e. The third-order valence-electron chi connectivity index (χ3n) is 3.57. The van der Waals surface area contributed by atoms with Crippen LogP contribution in [0.4, 0.5) is 10.1 Å². The Balaban J connectivity index is 2.23. The maximum atomic E-state index is 13.8. The van der Waals surface area contributed by atoms with E-state index in [9.17, 15) is 4.39 Å². The topological polar surface area (TPSA) is 29.3 Å². The molecule has 94 valence electrons. The van der Waals surface area contributed by atoms with Gasteiger partial charge in [0.1, 0.15) is 5.82 Å². The molecule has 0 aromatic heterocycles. The van der Waals surface area contributed by atoms with Gasteiger partial charge in [-0.25, -0.2) is 4.39 Å². The molecule has 2 rings (SSSR count). The van der Waals surface area contributed by atoms with Crippen LogP contribution in [0.2, 0.25) is 0 Å². The van der Waals surface area contributed by atoms with Gasteiger partial charge in [0.05, 0.1) is 5.69 Å². The van der Waals surface area contributed by atoms with Gasteiger partial charge in [-0.05, 0) is 31.0 Å². The number of nitrogens with two attached hydrogens (primary N) is 1. The molecule has 1 fully saturated rings. The zero-order valence-corrected chi connectivity index (χ0v) is 11.6. The predicted molar refractivity (Wildman–Crippen MR) is 72.7 cm³/mol. The summed E-state index contributed by atoms with van der Waals surface area (Å²) in [5.74, 6) is -0.187. The lowest BCUT2D eigenvalue weighted by Crippen LogP contribution is -2.48. The van der Waals surface area contributed by atoms with E-state index < -0.39 is 0 Å². The third-order valence-corrected chi connectivity index (χ3v) is 4.06. The Morgan fingerprint density at radius 2 is 2.06 bits per heavy atom. The summed E-state index contributed by atoms with van der Waals surface area (Å²) in [5, 5.41) is 0. The molecule has 0 spiro atoms. The first kappa shape index (κ1) is 12.8. The lowest BCUT2D eigenvalue weighted by Gasteiger charge is -2.37. The highest BCUT2D eigenvalue weighted by Crippen LogP contribution is 2.29. The summed E-state index contributed by atoms with van der Waals surface area (Å²) in [5.41, 5.74) is 6.76. The standard InChI is InChI=1S/C13H18BrFN2/c1-17(12-5-3-2-4-11(12)16)13-8-9(14)6-7-10(13)15/h6-8,11-12H,2-5,16H2,1H3. The Kier molecular flexibility index (Phi) is 4.05. The molecule has 2 unspecified atom stereocenters. The Bertz CT molecular complexity index is 397. The maximum absolute atomic E-state index is 13.8. The highest BCUT2D eigenvalue weighted by atomic mass is 79.9. The van der Waals surface area contributed by atoms with Crippen molar-refractivity contribution in [3.63, 3.8) is 0 Å². The fraction of sp³-hybridized carbons (Fsp3) is 0.538. The summed E-state index contributed by atoms with van der Waals surface area (Å²) in [6.45, 7) is 0. The third kappa shape index (κ3) is 2.80. The molecule has 0 aliphatic heterocycles. The van der Waals surface area contributed by atoms with Gasteiger partial charge in [0.15, 0.2) is 0 Å². The van der Waals surface area contributed by atoms with Gasteiger partial charge in [-0.1, -0.05) is 28.8 Å². The van der Waals surface area contributed by atoms with Crippen molar-refractivity contribution in [3.05, 3.63) is 28.5 Å². The SMILES string of the molecule is CN(c1cc(Br)ccc1F)C1CCCCC1N. The van der Waals surface area contributed by atoms with Crippen molar-refractivity contribution in [1.82, 2.24) is 0 Å². The number of halogens is 2.